The van der Waals surface area contributed by atoms with Crippen LogP contribution in [0.25, 0.3) is 11.0 Å². The van der Waals surface area contributed by atoms with E-state index in [4.69, 9.17) is 14.2 Å². The fourth-order valence-electron chi connectivity index (χ4n) is 3.80. The predicted octanol–water partition coefficient (Wildman–Crippen LogP) is 4.49. The molecular formula is C21H26BrF4N3O4. The summed E-state index contributed by atoms with van der Waals surface area (Å²) >= 11 is 2.87. The molecule has 1 saturated carbocycles. The van der Waals surface area contributed by atoms with Crippen LogP contribution in [0.15, 0.2) is 4.47 Å². The Morgan fingerprint density at radius 2 is 1.82 bits per heavy atom. The van der Waals surface area contributed by atoms with E-state index in [9.17, 15) is 22.4 Å². The molecular weight excluding hydrogens is 514 g/mol. The van der Waals surface area contributed by atoms with Crippen LogP contribution in [-0.2, 0) is 16.6 Å². The van der Waals surface area contributed by atoms with Gasteiger partial charge in [0.1, 0.15) is 28.2 Å². The van der Waals surface area contributed by atoms with Crippen molar-refractivity contribution in [2.75, 3.05) is 13.2 Å². The maximum atomic E-state index is 15.0. The molecule has 0 saturated heterocycles. The van der Waals surface area contributed by atoms with E-state index in [0.717, 1.165) is 12.8 Å². The zero-order valence-corrected chi connectivity index (χ0v) is 20.1. The Bertz CT molecular complexity index is 996. The number of aromatic nitrogens is 2. The molecule has 1 fully saturated rings. The molecule has 0 radical (unpaired) electrons. The lowest BCUT2D eigenvalue weighted by Crippen LogP contribution is -2.37. The average Bonchev–Trinajstić information content (AvgIpc) is 3.07. The highest BCUT2D eigenvalue weighted by atomic mass is 79.9. The van der Waals surface area contributed by atoms with Gasteiger partial charge in [0.25, 0.3) is 12.4 Å². The summed E-state index contributed by atoms with van der Waals surface area (Å²) < 4.78 is 72.1. The van der Waals surface area contributed by atoms with Gasteiger partial charge in [-0.15, -0.1) is 0 Å². The van der Waals surface area contributed by atoms with E-state index >= 15 is 0 Å². The first-order chi connectivity index (χ1) is 15.6. The summed E-state index contributed by atoms with van der Waals surface area (Å²) in [5.74, 6) is -2.68. The van der Waals surface area contributed by atoms with E-state index in [0.29, 0.717) is 19.4 Å². The van der Waals surface area contributed by atoms with E-state index in [1.54, 1.807) is 0 Å². The molecule has 0 spiro atoms. The van der Waals surface area contributed by atoms with Crippen LogP contribution in [0.5, 0.6) is 11.8 Å². The fraction of sp³-hybridized carbons (Fsp3) is 0.619. The summed E-state index contributed by atoms with van der Waals surface area (Å²) in [6, 6.07) is -0.0699. The molecule has 184 valence electrons. The fourth-order valence-corrected chi connectivity index (χ4v) is 4.28. The Morgan fingerprint density at radius 3 is 2.42 bits per heavy atom. The van der Waals surface area contributed by atoms with Crippen LogP contribution < -0.4 is 14.8 Å². The lowest BCUT2D eigenvalue weighted by molar-refractivity contribution is -0.120. The molecule has 1 amide bonds. The second-order valence-corrected chi connectivity index (χ2v) is 8.87. The third kappa shape index (κ3) is 6.08. The van der Waals surface area contributed by atoms with E-state index in [2.05, 4.69) is 26.2 Å². The van der Waals surface area contributed by atoms with E-state index in [1.165, 1.54) is 18.5 Å². The van der Waals surface area contributed by atoms with E-state index < -0.39 is 34.9 Å². The minimum Gasteiger partial charge on any atom is -0.483 e. The Labute approximate surface area is 196 Å². The third-order valence-electron chi connectivity index (χ3n) is 5.34. The summed E-state index contributed by atoms with van der Waals surface area (Å²) in [5, 5.41) is 2.76. The lowest BCUT2D eigenvalue weighted by atomic mass is 9.95. The van der Waals surface area contributed by atoms with E-state index in [1.807, 2.05) is 6.92 Å². The summed E-state index contributed by atoms with van der Waals surface area (Å²) in [6.07, 6.45) is -0.283. The molecule has 1 heterocycles. The van der Waals surface area contributed by atoms with Gasteiger partial charge in [-0.1, -0.05) is 0 Å². The summed E-state index contributed by atoms with van der Waals surface area (Å²) in [5.41, 5.74) is -0.524. The third-order valence-corrected chi connectivity index (χ3v) is 6.05. The summed E-state index contributed by atoms with van der Waals surface area (Å²) in [4.78, 5) is 15.2. The number of carbonyl (C=O) groups excluding carboxylic acids is 1. The molecule has 0 aliphatic heterocycles. The highest BCUT2D eigenvalue weighted by Gasteiger charge is 2.29. The van der Waals surface area contributed by atoms with Gasteiger partial charge in [0.2, 0.25) is 5.91 Å². The number of nitrogens with one attached hydrogen (secondary N) is 1. The quantitative estimate of drug-likeness (QED) is 0.375. The monoisotopic (exact) mass is 539 g/mol. The Kier molecular flexibility index (Phi) is 8.43. The van der Waals surface area contributed by atoms with Crippen LogP contribution in [0, 0.1) is 11.6 Å². The molecule has 33 heavy (non-hydrogen) atoms. The van der Waals surface area contributed by atoms with Gasteiger partial charge in [-0.05, 0) is 48.5 Å². The Morgan fingerprint density at radius 1 is 1.18 bits per heavy atom. The number of alkyl halides is 2. The van der Waals surface area contributed by atoms with Gasteiger partial charge in [0.05, 0.1) is 12.7 Å². The zero-order chi connectivity index (χ0) is 24.3. The second-order valence-electron chi connectivity index (χ2n) is 8.08. The van der Waals surface area contributed by atoms with Crippen LogP contribution in [0.2, 0.25) is 0 Å². The Balaban J connectivity index is 1.67. The minimum absolute atomic E-state index is 0.0179. The van der Waals surface area contributed by atoms with Crippen molar-refractivity contribution in [2.45, 2.75) is 64.2 Å². The smallest absolute Gasteiger partial charge is 0.297 e. The zero-order valence-electron chi connectivity index (χ0n) is 18.5. The number of rotatable bonds is 9. The van der Waals surface area contributed by atoms with E-state index in [-0.39, 0.29) is 41.2 Å². The van der Waals surface area contributed by atoms with Crippen molar-refractivity contribution >= 4 is 32.9 Å². The molecule has 0 unspecified atom stereocenters. The molecule has 3 rings (SSSR count). The first-order valence-corrected chi connectivity index (χ1v) is 11.4. The molecule has 1 aliphatic rings. The van der Waals surface area contributed by atoms with Gasteiger partial charge in [0.15, 0.2) is 17.4 Å². The van der Waals surface area contributed by atoms with Gasteiger partial charge in [0, 0.05) is 20.0 Å². The number of hydrogen-bond acceptors (Lipinski definition) is 5. The molecule has 0 bridgehead atoms. The minimum atomic E-state index is -2.84. The van der Waals surface area contributed by atoms with Gasteiger partial charge in [-0.3, -0.25) is 9.36 Å². The van der Waals surface area contributed by atoms with Crippen LogP contribution in [-0.4, -0.2) is 53.3 Å². The molecule has 2 aromatic rings. The molecule has 1 aromatic carbocycles. The number of ether oxygens (including phenoxy) is 3. The second kappa shape index (κ2) is 10.9. The van der Waals surface area contributed by atoms with Crippen LogP contribution >= 0.6 is 15.9 Å². The molecule has 1 aliphatic carbocycles. The number of halogens is 5. The first kappa shape index (κ1) is 25.5. The number of nitrogens with zero attached hydrogens (tertiary/aromatic N) is 2. The molecule has 1 N–H and O–H groups in total. The van der Waals surface area contributed by atoms with Gasteiger partial charge < -0.3 is 19.5 Å². The number of aryl methyl sites for hydroxylation is 1. The summed E-state index contributed by atoms with van der Waals surface area (Å²) in [7, 11) is 1.45. The topological polar surface area (TPSA) is 74.6 Å². The highest BCUT2D eigenvalue weighted by molar-refractivity contribution is 9.10. The van der Waals surface area contributed by atoms with Gasteiger partial charge in [-0.25, -0.2) is 17.6 Å². The number of benzene rings is 1. The maximum Gasteiger partial charge on any atom is 0.297 e. The molecule has 12 heteroatoms. The highest BCUT2D eigenvalue weighted by Crippen LogP contribution is 2.39. The van der Waals surface area contributed by atoms with Crippen molar-refractivity contribution < 1.29 is 36.6 Å². The molecule has 1 aromatic heterocycles. The number of fused-ring (bicyclic) bond motifs is 1. The Hall–Kier alpha value is -2.08. The SMILES string of the molecule is CC(=O)N[C@@H](C)CO[C@H]1CC[C@H](Oc2nc3c(F)c(Br)c(OCC(F)F)c(F)c3n2C)CC1. The van der Waals surface area contributed by atoms with Crippen molar-refractivity contribution in [2.24, 2.45) is 7.05 Å². The van der Waals surface area contributed by atoms with Crippen LogP contribution in [0.3, 0.4) is 0 Å². The lowest BCUT2D eigenvalue weighted by Gasteiger charge is -2.29. The first-order valence-electron chi connectivity index (χ1n) is 10.6. The standard InChI is InChI=1S/C21H26BrF4N3O4/c1-10(27-11(2)30)8-31-12-4-6-13(7-5-12)33-21-28-18-16(25)15(22)20(32-9-14(23)24)17(26)19(18)29(21)3/h10,12-14H,4-9H2,1-3H3,(H,27,30)/t10-,12-,13-/m0/s1. The number of imidazole rings is 1. The number of carbonyl (C=O) groups is 1. The molecule has 7 nitrogen and oxygen atoms in total. The normalized spacial score (nSPS) is 19.7. The largest absolute Gasteiger partial charge is 0.483 e. The summed E-state index contributed by atoms with van der Waals surface area (Å²) in [6.45, 7) is 2.65. The van der Waals surface area contributed by atoms with Crippen molar-refractivity contribution in [1.82, 2.24) is 14.9 Å². The van der Waals surface area contributed by atoms with Crippen molar-refractivity contribution in [3.8, 4) is 11.8 Å². The van der Waals surface area contributed by atoms with Crippen molar-refractivity contribution in [3.05, 3.63) is 16.1 Å². The van der Waals surface area contributed by atoms with Gasteiger partial charge >= 0.3 is 0 Å². The number of amides is 1. The number of hydrogen-bond donors (Lipinski definition) is 1. The molecule has 1 atom stereocenters. The van der Waals surface area contributed by atoms with Crippen molar-refractivity contribution in [3.63, 3.8) is 0 Å². The van der Waals surface area contributed by atoms with Crippen LogP contribution in [0.4, 0.5) is 17.6 Å². The van der Waals surface area contributed by atoms with Crippen molar-refractivity contribution in [1.29, 1.82) is 0 Å². The van der Waals surface area contributed by atoms with Gasteiger partial charge in [-0.2, -0.15) is 4.98 Å². The average molecular weight is 540 g/mol. The van der Waals surface area contributed by atoms with Crippen LogP contribution in [0.1, 0.15) is 39.5 Å². The predicted molar refractivity (Wildman–Crippen MR) is 116 cm³/mol. The maximum absolute atomic E-state index is 15.0.